The minimum atomic E-state index is -4.42. The molecule has 1 fully saturated rings. The molecule has 23 heavy (non-hydrogen) atoms. The monoisotopic (exact) mass is 330 g/mol. The lowest BCUT2D eigenvalue weighted by Crippen LogP contribution is -2.57. The van der Waals surface area contributed by atoms with Crippen LogP contribution in [0.25, 0.3) is 0 Å². The van der Waals surface area contributed by atoms with Crippen LogP contribution in [-0.2, 0) is 22.3 Å². The lowest BCUT2D eigenvalue weighted by molar-refractivity contribution is -0.148. The van der Waals surface area contributed by atoms with E-state index in [1.807, 2.05) is 0 Å². The SMILES string of the molecule is CC(=O)N1CC(C(=O)N(C)NCc2ccc(C(F)(F)F)cn2)C1. The minimum Gasteiger partial charge on any atom is -0.341 e. The predicted octanol–water partition coefficient (Wildman–Crippen LogP) is 1.04. The number of hydrogen-bond donors (Lipinski definition) is 1. The first-order valence-corrected chi connectivity index (χ1v) is 6.97. The van der Waals surface area contributed by atoms with Gasteiger partial charge in [0.15, 0.2) is 0 Å². The molecule has 2 heterocycles. The van der Waals surface area contributed by atoms with E-state index in [-0.39, 0.29) is 24.3 Å². The zero-order chi connectivity index (χ0) is 17.2. The van der Waals surface area contributed by atoms with Crippen LogP contribution < -0.4 is 5.43 Å². The van der Waals surface area contributed by atoms with Crippen LogP contribution in [0.4, 0.5) is 13.2 Å². The van der Waals surface area contributed by atoms with Crippen molar-refractivity contribution >= 4 is 11.8 Å². The molecule has 2 amide bonds. The fraction of sp³-hybridized carbons (Fsp3) is 0.500. The first-order valence-electron chi connectivity index (χ1n) is 6.97. The van der Waals surface area contributed by atoms with Gasteiger partial charge < -0.3 is 4.90 Å². The molecule has 0 aromatic carbocycles. The highest BCUT2D eigenvalue weighted by atomic mass is 19.4. The summed E-state index contributed by atoms with van der Waals surface area (Å²) in [5.74, 6) is -0.495. The Morgan fingerprint density at radius 1 is 1.39 bits per heavy atom. The Balaban J connectivity index is 1.81. The average Bonchev–Trinajstić information content (AvgIpc) is 2.42. The summed E-state index contributed by atoms with van der Waals surface area (Å²) in [7, 11) is 1.53. The van der Waals surface area contributed by atoms with Crippen molar-refractivity contribution in [3.63, 3.8) is 0 Å². The summed E-state index contributed by atoms with van der Waals surface area (Å²) in [5.41, 5.74) is 2.36. The van der Waals surface area contributed by atoms with Crippen molar-refractivity contribution in [1.29, 1.82) is 0 Å². The number of nitrogens with one attached hydrogen (secondary N) is 1. The van der Waals surface area contributed by atoms with Crippen molar-refractivity contribution < 1.29 is 22.8 Å². The second-order valence-electron chi connectivity index (χ2n) is 5.39. The van der Waals surface area contributed by atoms with Crippen molar-refractivity contribution in [3.05, 3.63) is 29.6 Å². The lowest BCUT2D eigenvalue weighted by atomic mass is 9.99. The van der Waals surface area contributed by atoms with E-state index >= 15 is 0 Å². The number of hydrazine groups is 1. The largest absolute Gasteiger partial charge is 0.417 e. The van der Waals surface area contributed by atoms with Gasteiger partial charge in [-0.1, -0.05) is 0 Å². The fourth-order valence-electron chi connectivity index (χ4n) is 2.14. The second-order valence-corrected chi connectivity index (χ2v) is 5.39. The van der Waals surface area contributed by atoms with E-state index in [4.69, 9.17) is 0 Å². The van der Waals surface area contributed by atoms with Gasteiger partial charge in [-0.2, -0.15) is 13.2 Å². The molecule has 0 saturated carbocycles. The van der Waals surface area contributed by atoms with E-state index in [0.717, 1.165) is 12.3 Å². The molecule has 1 aromatic rings. The molecule has 0 atom stereocenters. The topological polar surface area (TPSA) is 65.5 Å². The molecule has 1 aliphatic rings. The Bertz CT molecular complexity index is 583. The Hall–Kier alpha value is -2.16. The summed E-state index contributed by atoms with van der Waals surface area (Å²) in [5, 5.41) is 1.28. The Labute approximate surface area is 131 Å². The Morgan fingerprint density at radius 2 is 2.04 bits per heavy atom. The van der Waals surface area contributed by atoms with Crippen LogP contribution in [-0.4, -0.2) is 46.8 Å². The molecule has 0 unspecified atom stereocenters. The number of alkyl halides is 3. The van der Waals surface area contributed by atoms with E-state index in [1.165, 1.54) is 25.0 Å². The van der Waals surface area contributed by atoms with E-state index in [2.05, 4.69) is 10.4 Å². The number of amides is 2. The number of hydrogen-bond acceptors (Lipinski definition) is 4. The molecular formula is C14H17F3N4O2. The third kappa shape index (κ3) is 4.19. The number of nitrogens with zero attached hydrogens (tertiary/aromatic N) is 3. The molecule has 1 N–H and O–H groups in total. The highest BCUT2D eigenvalue weighted by molar-refractivity contribution is 5.83. The van der Waals surface area contributed by atoms with E-state index in [0.29, 0.717) is 18.8 Å². The van der Waals surface area contributed by atoms with Gasteiger partial charge in [-0.3, -0.25) is 19.6 Å². The summed E-state index contributed by atoms with van der Waals surface area (Å²) in [6.07, 6.45) is -3.66. The highest BCUT2D eigenvalue weighted by Gasteiger charge is 2.35. The zero-order valence-electron chi connectivity index (χ0n) is 12.7. The third-order valence-corrected chi connectivity index (χ3v) is 3.66. The van der Waals surface area contributed by atoms with Crippen LogP contribution in [0.1, 0.15) is 18.2 Å². The third-order valence-electron chi connectivity index (χ3n) is 3.66. The molecule has 0 aliphatic carbocycles. The molecule has 0 radical (unpaired) electrons. The molecule has 2 rings (SSSR count). The van der Waals surface area contributed by atoms with Crippen LogP contribution in [0, 0.1) is 5.92 Å². The van der Waals surface area contributed by atoms with Crippen LogP contribution >= 0.6 is 0 Å². The van der Waals surface area contributed by atoms with Crippen LogP contribution in [0.5, 0.6) is 0 Å². The molecule has 1 aliphatic heterocycles. The predicted molar refractivity (Wildman–Crippen MR) is 74.6 cm³/mol. The number of likely N-dealkylation sites (tertiary alicyclic amines) is 1. The molecule has 126 valence electrons. The fourth-order valence-corrected chi connectivity index (χ4v) is 2.14. The molecule has 1 saturated heterocycles. The smallest absolute Gasteiger partial charge is 0.341 e. The summed E-state index contributed by atoms with van der Waals surface area (Å²) < 4.78 is 37.3. The Kier molecular flexibility index (Phi) is 4.88. The Morgan fingerprint density at radius 3 is 2.52 bits per heavy atom. The van der Waals surface area contributed by atoms with Crippen LogP contribution in [0.3, 0.4) is 0 Å². The molecular weight excluding hydrogens is 313 g/mol. The molecule has 6 nitrogen and oxygen atoms in total. The number of halogens is 3. The zero-order valence-corrected chi connectivity index (χ0v) is 12.7. The maximum absolute atomic E-state index is 12.4. The van der Waals surface area contributed by atoms with Gasteiger partial charge in [-0.05, 0) is 12.1 Å². The van der Waals surface area contributed by atoms with Gasteiger partial charge in [0.2, 0.25) is 11.8 Å². The minimum absolute atomic E-state index is 0.0707. The number of carbonyl (C=O) groups is 2. The van der Waals surface area contributed by atoms with Crippen molar-refractivity contribution in [3.8, 4) is 0 Å². The van der Waals surface area contributed by atoms with Gasteiger partial charge in [0.25, 0.3) is 0 Å². The van der Waals surface area contributed by atoms with Crippen molar-refractivity contribution in [2.24, 2.45) is 5.92 Å². The number of carbonyl (C=O) groups excluding carboxylic acids is 2. The normalized spacial score (nSPS) is 15.3. The van der Waals surface area contributed by atoms with Gasteiger partial charge in [-0.25, -0.2) is 5.43 Å². The molecule has 9 heteroatoms. The first kappa shape index (κ1) is 17.2. The van der Waals surface area contributed by atoms with Gasteiger partial charge in [0, 0.05) is 33.3 Å². The summed E-state index contributed by atoms with van der Waals surface area (Å²) in [6.45, 7) is 2.35. The quantitative estimate of drug-likeness (QED) is 0.838. The van der Waals surface area contributed by atoms with E-state index < -0.39 is 11.7 Å². The lowest BCUT2D eigenvalue weighted by Gasteiger charge is -2.39. The molecule has 0 spiro atoms. The standard InChI is InChI=1S/C14H17F3N4O2/c1-9(22)21-7-10(8-21)13(23)20(2)19-6-12-4-3-11(5-18-12)14(15,16)17/h3-5,10,19H,6-8H2,1-2H3. The van der Waals surface area contributed by atoms with E-state index in [1.54, 1.807) is 4.90 Å². The number of aromatic nitrogens is 1. The first-order chi connectivity index (χ1) is 10.7. The average molecular weight is 330 g/mol. The number of rotatable bonds is 4. The van der Waals surface area contributed by atoms with Crippen molar-refractivity contribution in [2.75, 3.05) is 20.1 Å². The van der Waals surface area contributed by atoms with Crippen LogP contribution in [0.15, 0.2) is 18.3 Å². The van der Waals surface area contributed by atoms with Gasteiger partial charge in [0.1, 0.15) is 0 Å². The molecule has 1 aromatic heterocycles. The summed E-state index contributed by atoms with van der Waals surface area (Å²) >= 11 is 0. The number of pyridine rings is 1. The summed E-state index contributed by atoms with van der Waals surface area (Å²) in [6, 6.07) is 2.21. The van der Waals surface area contributed by atoms with Crippen LogP contribution in [0.2, 0.25) is 0 Å². The maximum atomic E-state index is 12.4. The van der Waals surface area contributed by atoms with Gasteiger partial charge in [-0.15, -0.1) is 0 Å². The van der Waals surface area contributed by atoms with E-state index in [9.17, 15) is 22.8 Å². The van der Waals surface area contributed by atoms with Crippen molar-refractivity contribution in [1.82, 2.24) is 20.3 Å². The second kappa shape index (κ2) is 6.53. The van der Waals surface area contributed by atoms with Gasteiger partial charge >= 0.3 is 6.18 Å². The summed E-state index contributed by atoms with van der Waals surface area (Å²) in [4.78, 5) is 28.4. The molecule has 0 bridgehead atoms. The van der Waals surface area contributed by atoms with Crippen molar-refractivity contribution in [2.45, 2.75) is 19.6 Å². The maximum Gasteiger partial charge on any atom is 0.417 e. The highest BCUT2D eigenvalue weighted by Crippen LogP contribution is 2.28. The van der Waals surface area contributed by atoms with Gasteiger partial charge in [0.05, 0.1) is 23.7 Å².